The van der Waals surface area contributed by atoms with Crippen molar-refractivity contribution in [3.63, 3.8) is 0 Å². The van der Waals surface area contributed by atoms with Gasteiger partial charge in [0.15, 0.2) is 0 Å². The predicted octanol–water partition coefficient (Wildman–Crippen LogP) is 2.57. The summed E-state index contributed by atoms with van der Waals surface area (Å²) in [4.78, 5) is 10.8. The molecule has 0 radical (unpaired) electrons. The molecule has 6 heteroatoms. The van der Waals surface area contributed by atoms with Crippen LogP contribution >= 0.6 is 0 Å². The van der Waals surface area contributed by atoms with Crippen LogP contribution in [0, 0.1) is 17.1 Å². The third kappa shape index (κ3) is 2.55. The highest BCUT2D eigenvalue weighted by molar-refractivity contribution is 5.86. The third-order valence-electron chi connectivity index (χ3n) is 2.41. The molecule has 1 aromatic carbocycles. The van der Waals surface area contributed by atoms with Crippen LogP contribution in [0.25, 0.3) is 0 Å². The zero-order chi connectivity index (χ0) is 13.8. The molecule has 19 heavy (non-hydrogen) atoms. The molecule has 96 valence electrons. The van der Waals surface area contributed by atoms with Gasteiger partial charge < -0.3 is 14.3 Å². The number of carboxylic acid groups (broad SMARTS) is 1. The van der Waals surface area contributed by atoms with E-state index in [1.165, 1.54) is 24.5 Å². The summed E-state index contributed by atoms with van der Waals surface area (Å²) in [5.74, 6) is -2.09. The SMILES string of the molecule is N#Cc1c(F)cccc1OCc1ccoc1C(=O)O. The number of nitrogens with zero attached hydrogens (tertiary/aromatic N) is 1. The molecule has 0 spiro atoms. The number of hydrogen-bond donors (Lipinski definition) is 1. The van der Waals surface area contributed by atoms with Gasteiger partial charge in [0.25, 0.3) is 0 Å². The van der Waals surface area contributed by atoms with Crippen molar-refractivity contribution in [2.75, 3.05) is 0 Å². The van der Waals surface area contributed by atoms with E-state index >= 15 is 0 Å². The first-order valence-corrected chi connectivity index (χ1v) is 5.24. The molecule has 1 N–H and O–H groups in total. The monoisotopic (exact) mass is 261 g/mol. The minimum atomic E-state index is -1.22. The minimum absolute atomic E-state index is 0.0556. The van der Waals surface area contributed by atoms with Gasteiger partial charge in [-0.3, -0.25) is 0 Å². The van der Waals surface area contributed by atoms with Gasteiger partial charge >= 0.3 is 5.97 Å². The van der Waals surface area contributed by atoms with Gasteiger partial charge in [0.1, 0.15) is 29.8 Å². The van der Waals surface area contributed by atoms with E-state index in [0.29, 0.717) is 5.56 Å². The molecule has 0 aliphatic heterocycles. The minimum Gasteiger partial charge on any atom is -0.487 e. The van der Waals surface area contributed by atoms with Crippen molar-refractivity contribution in [2.45, 2.75) is 6.61 Å². The summed E-state index contributed by atoms with van der Waals surface area (Å²) in [6, 6.07) is 7.11. The maximum Gasteiger partial charge on any atom is 0.372 e. The van der Waals surface area contributed by atoms with E-state index in [-0.39, 0.29) is 23.7 Å². The highest BCUT2D eigenvalue weighted by Gasteiger charge is 2.15. The first-order chi connectivity index (χ1) is 9.13. The number of furan rings is 1. The predicted molar refractivity (Wildman–Crippen MR) is 61.1 cm³/mol. The topological polar surface area (TPSA) is 83.5 Å². The number of carboxylic acids is 1. The molecule has 0 aliphatic carbocycles. The Bertz CT molecular complexity index is 657. The lowest BCUT2D eigenvalue weighted by Crippen LogP contribution is -2.03. The van der Waals surface area contributed by atoms with Crippen LogP contribution < -0.4 is 4.74 Å². The van der Waals surface area contributed by atoms with E-state index in [4.69, 9.17) is 19.5 Å². The van der Waals surface area contributed by atoms with E-state index < -0.39 is 11.8 Å². The number of ether oxygens (including phenoxy) is 1. The Labute approximate surface area is 107 Å². The second-order valence-corrected chi connectivity index (χ2v) is 3.59. The average Bonchev–Trinajstić information content (AvgIpc) is 2.84. The van der Waals surface area contributed by atoms with Gasteiger partial charge in [0.2, 0.25) is 5.76 Å². The number of nitriles is 1. The normalized spacial score (nSPS) is 9.89. The third-order valence-corrected chi connectivity index (χ3v) is 2.41. The van der Waals surface area contributed by atoms with Crippen LogP contribution in [-0.2, 0) is 6.61 Å². The zero-order valence-corrected chi connectivity index (χ0v) is 9.59. The van der Waals surface area contributed by atoms with Crippen molar-refractivity contribution in [1.82, 2.24) is 0 Å². The van der Waals surface area contributed by atoms with Crippen LogP contribution in [0.5, 0.6) is 5.75 Å². The van der Waals surface area contributed by atoms with Gasteiger partial charge in [-0.05, 0) is 18.2 Å². The fourth-order valence-electron chi connectivity index (χ4n) is 1.53. The maximum absolute atomic E-state index is 13.3. The molecule has 1 heterocycles. The van der Waals surface area contributed by atoms with Crippen molar-refractivity contribution in [3.05, 3.63) is 53.2 Å². The molecule has 5 nitrogen and oxygen atoms in total. The number of halogens is 1. The molecule has 0 atom stereocenters. The van der Waals surface area contributed by atoms with Crippen molar-refractivity contribution in [2.24, 2.45) is 0 Å². The quantitative estimate of drug-likeness (QED) is 0.914. The Morgan fingerprint density at radius 2 is 2.26 bits per heavy atom. The van der Waals surface area contributed by atoms with E-state index in [1.54, 1.807) is 6.07 Å². The molecule has 0 aliphatic rings. The van der Waals surface area contributed by atoms with Gasteiger partial charge in [-0.25, -0.2) is 9.18 Å². The van der Waals surface area contributed by atoms with Crippen LogP contribution in [0.3, 0.4) is 0 Å². The molecule has 0 fully saturated rings. The van der Waals surface area contributed by atoms with Gasteiger partial charge in [-0.15, -0.1) is 0 Å². The molecule has 0 amide bonds. The van der Waals surface area contributed by atoms with Gasteiger partial charge in [0.05, 0.1) is 6.26 Å². The van der Waals surface area contributed by atoms with E-state index in [0.717, 1.165) is 6.07 Å². The second kappa shape index (κ2) is 5.23. The summed E-state index contributed by atoms with van der Waals surface area (Å²) in [6.07, 6.45) is 1.22. The Morgan fingerprint density at radius 3 is 2.95 bits per heavy atom. The molecule has 0 unspecified atom stereocenters. The lowest BCUT2D eigenvalue weighted by Gasteiger charge is -2.07. The molecule has 0 saturated carbocycles. The summed E-state index contributed by atoms with van der Waals surface area (Å²) in [6.45, 7) is -0.129. The summed E-state index contributed by atoms with van der Waals surface area (Å²) in [5.41, 5.74) is 0.0866. The number of hydrogen-bond acceptors (Lipinski definition) is 4. The van der Waals surface area contributed by atoms with Crippen molar-refractivity contribution in [3.8, 4) is 11.8 Å². The molecular formula is C13H8FNO4. The fraction of sp³-hybridized carbons (Fsp3) is 0.0769. The summed E-state index contributed by atoms with van der Waals surface area (Å²) < 4.78 is 23.3. The first kappa shape index (κ1) is 12.6. The van der Waals surface area contributed by atoms with Crippen molar-refractivity contribution in [1.29, 1.82) is 5.26 Å². The average molecular weight is 261 g/mol. The first-order valence-electron chi connectivity index (χ1n) is 5.24. The van der Waals surface area contributed by atoms with E-state index in [2.05, 4.69) is 0 Å². The smallest absolute Gasteiger partial charge is 0.372 e. The lowest BCUT2D eigenvalue weighted by atomic mass is 10.2. The molecular weight excluding hydrogens is 253 g/mol. The van der Waals surface area contributed by atoms with Crippen molar-refractivity contribution >= 4 is 5.97 Å². The van der Waals surface area contributed by atoms with E-state index in [9.17, 15) is 9.18 Å². The largest absolute Gasteiger partial charge is 0.487 e. The van der Waals surface area contributed by atoms with Crippen LogP contribution in [0.2, 0.25) is 0 Å². The summed E-state index contributed by atoms with van der Waals surface area (Å²) in [7, 11) is 0. The Hall–Kier alpha value is -2.81. The van der Waals surface area contributed by atoms with Gasteiger partial charge in [-0.2, -0.15) is 5.26 Å². The Morgan fingerprint density at radius 1 is 1.47 bits per heavy atom. The van der Waals surface area contributed by atoms with Crippen LogP contribution in [0.1, 0.15) is 21.7 Å². The van der Waals surface area contributed by atoms with Crippen LogP contribution in [0.15, 0.2) is 34.9 Å². The number of rotatable bonds is 4. The number of aromatic carboxylic acids is 1. The fourth-order valence-corrected chi connectivity index (χ4v) is 1.53. The highest BCUT2D eigenvalue weighted by Crippen LogP contribution is 2.22. The summed E-state index contributed by atoms with van der Waals surface area (Å²) in [5, 5.41) is 17.7. The highest BCUT2D eigenvalue weighted by atomic mass is 19.1. The Kier molecular flexibility index (Phi) is 3.48. The molecule has 2 aromatic rings. The molecule has 2 rings (SSSR count). The Balaban J connectivity index is 2.20. The van der Waals surface area contributed by atoms with Crippen LogP contribution in [-0.4, -0.2) is 11.1 Å². The maximum atomic E-state index is 13.3. The summed E-state index contributed by atoms with van der Waals surface area (Å²) >= 11 is 0. The lowest BCUT2D eigenvalue weighted by molar-refractivity contribution is 0.0658. The standard InChI is InChI=1S/C13H8FNO4/c14-10-2-1-3-11(9(10)6-15)19-7-8-4-5-18-12(8)13(16)17/h1-5H,7H2,(H,16,17). The zero-order valence-electron chi connectivity index (χ0n) is 9.59. The molecule has 1 aromatic heterocycles. The van der Waals surface area contributed by atoms with Crippen molar-refractivity contribution < 1.29 is 23.4 Å². The van der Waals surface area contributed by atoms with Crippen LogP contribution in [0.4, 0.5) is 4.39 Å². The molecule has 0 bridgehead atoms. The second-order valence-electron chi connectivity index (χ2n) is 3.59. The number of benzene rings is 1. The number of carbonyl (C=O) groups is 1. The van der Waals surface area contributed by atoms with Gasteiger partial charge in [0, 0.05) is 5.56 Å². The van der Waals surface area contributed by atoms with Gasteiger partial charge in [-0.1, -0.05) is 6.07 Å². The van der Waals surface area contributed by atoms with E-state index in [1.807, 2.05) is 0 Å². The molecule has 0 saturated heterocycles.